The summed E-state index contributed by atoms with van der Waals surface area (Å²) in [6, 6.07) is 17.0. The van der Waals surface area contributed by atoms with Crippen molar-refractivity contribution in [1.82, 2.24) is 14.9 Å². The molecule has 4 nitrogen and oxygen atoms in total. The number of nitrogens with one attached hydrogen (secondary N) is 1. The minimum Gasteiger partial charge on any atom is -0.352 e. The molecular formula is C24H29N3O. The van der Waals surface area contributed by atoms with Crippen LogP contribution in [0.5, 0.6) is 0 Å². The Morgan fingerprint density at radius 1 is 1.07 bits per heavy atom. The molecule has 0 spiro atoms. The average Bonchev–Trinajstić information content (AvgIpc) is 3.03. The number of imidazole rings is 1. The van der Waals surface area contributed by atoms with Gasteiger partial charge in [-0.3, -0.25) is 4.79 Å². The van der Waals surface area contributed by atoms with E-state index in [1.165, 1.54) is 16.6 Å². The first-order chi connectivity index (χ1) is 13.5. The Morgan fingerprint density at radius 2 is 1.82 bits per heavy atom. The van der Waals surface area contributed by atoms with E-state index in [1.54, 1.807) is 6.92 Å². The smallest absolute Gasteiger partial charge is 0.246 e. The van der Waals surface area contributed by atoms with Gasteiger partial charge in [0, 0.05) is 25.1 Å². The van der Waals surface area contributed by atoms with E-state index in [0.717, 1.165) is 43.6 Å². The van der Waals surface area contributed by atoms with E-state index in [0.29, 0.717) is 12.1 Å². The molecule has 4 heteroatoms. The van der Waals surface area contributed by atoms with Crippen LogP contribution in [0.1, 0.15) is 43.1 Å². The number of para-hydroxylation sites is 2. The largest absolute Gasteiger partial charge is 0.352 e. The quantitative estimate of drug-likeness (QED) is 0.431. The summed E-state index contributed by atoms with van der Waals surface area (Å²) < 4.78 is 2.34. The summed E-state index contributed by atoms with van der Waals surface area (Å²) >= 11 is 0. The predicted octanol–water partition coefficient (Wildman–Crippen LogP) is 4.80. The highest BCUT2D eigenvalue weighted by molar-refractivity contribution is 5.92. The highest BCUT2D eigenvalue weighted by atomic mass is 16.1. The maximum atomic E-state index is 11.5. The van der Waals surface area contributed by atoms with Gasteiger partial charge in [0.15, 0.2) is 0 Å². The predicted molar refractivity (Wildman–Crippen MR) is 115 cm³/mol. The zero-order valence-electron chi connectivity index (χ0n) is 16.9. The van der Waals surface area contributed by atoms with Crippen molar-refractivity contribution in [2.45, 2.75) is 46.1 Å². The third-order valence-electron chi connectivity index (χ3n) is 4.95. The highest BCUT2D eigenvalue weighted by Crippen LogP contribution is 2.20. The van der Waals surface area contributed by atoms with Crippen LogP contribution in [0.25, 0.3) is 11.0 Å². The molecule has 0 saturated heterocycles. The second-order valence-electron chi connectivity index (χ2n) is 7.44. The fourth-order valence-corrected chi connectivity index (χ4v) is 3.31. The molecule has 0 aliphatic rings. The van der Waals surface area contributed by atoms with Gasteiger partial charge in [0.1, 0.15) is 5.82 Å². The maximum Gasteiger partial charge on any atom is 0.246 e. The van der Waals surface area contributed by atoms with E-state index < -0.39 is 0 Å². The molecule has 1 N–H and O–H groups in total. The summed E-state index contributed by atoms with van der Waals surface area (Å²) in [4.78, 5) is 16.4. The molecule has 0 atom stereocenters. The molecule has 146 valence electrons. The molecule has 1 amide bonds. The van der Waals surface area contributed by atoms with Crippen LogP contribution in [0.3, 0.4) is 0 Å². The van der Waals surface area contributed by atoms with Crippen molar-refractivity contribution in [3.05, 3.63) is 77.6 Å². The van der Waals surface area contributed by atoms with Crippen molar-refractivity contribution in [2.24, 2.45) is 0 Å². The fraction of sp³-hybridized carbons (Fsp3) is 0.333. The summed E-state index contributed by atoms with van der Waals surface area (Å²) in [5.41, 5.74) is 5.37. The molecule has 1 aromatic heterocycles. The van der Waals surface area contributed by atoms with E-state index >= 15 is 0 Å². The molecule has 0 bridgehead atoms. The lowest BCUT2D eigenvalue weighted by molar-refractivity contribution is -0.117. The normalized spacial score (nSPS) is 10.9. The van der Waals surface area contributed by atoms with Crippen LogP contribution in [-0.2, 0) is 17.8 Å². The van der Waals surface area contributed by atoms with Crippen molar-refractivity contribution in [3.63, 3.8) is 0 Å². The minimum absolute atomic E-state index is 0.0557. The van der Waals surface area contributed by atoms with Gasteiger partial charge in [-0.05, 0) is 44.4 Å². The van der Waals surface area contributed by atoms with Crippen LogP contribution in [0.15, 0.2) is 60.7 Å². The Morgan fingerprint density at radius 3 is 2.57 bits per heavy atom. The number of benzene rings is 2. The zero-order chi connectivity index (χ0) is 19.9. The first kappa shape index (κ1) is 19.9. The Labute approximate surface area is 167 Å². The highest BCUT2D eigenvalue weighted by Gasteiger charge is 2.11. The van der Waals surface area contributed by atoms with Crippen molar-refractivity contribution in [3.8, 4) is 0 Å². The lowest BCUT2D eigenvalue weighted by Gasteiger charge is -2.10. The molecule has 0 unspecified atom stereocenters. The molecule has 3 rings (SSSR count). The van der Waals surface area contributed by atoms with Gasteiger partial charge >= 0.3 is 0 Å². The van der Waals surface area contributed by atoms with E-state index in [4.69, 9.17) is 4.98 Å². The summed E-state index contributed by atoms with van der Waals surface area (Å²) in [5.74, 6) is 1.08. The van der Waals surface area contributed by atoms with Gasteiger partial charge in [0.2, 0.25) is 5.91 Å². The molecule has 0 aliphatic heterocycles. The number of hydrogen-bond acceptors (Lipinski definition) is 2. The van der Waals surface area contributed by atoms with Crippen LogP contribution in [0.2, 0.25) is 0 Å². The molecule has 0 radical (unpaired) electrons. The van der Waals surface area contributed by atoms with Gasteiger partial charge in [-0.15, -0.1) is 0 Å². The molecule has 1 heterocycles. The molecule has 0 fully saturated rings. The van der Waals surface area contributed by atoms with E-state index in [9.17, 15) is 4.79 Å². The summed E-state index contributed by atoms with van der Waals surface area (Å²) in [5, 5.41) is 2.89. The van der Waals surface area contributed by atoms with Crippen molar-refractivity contribution < 1.29 is 4.79 Å². The van der Waals surface area contributed by atoms with E-state index in [-0.39, 0.29) is 5.91 Å². The zero-order valence-corrected chi connectivity index (χ0v) is 16.9. The second-order valence-corrected chi connectivity index (χ2v) is 7.44. The molecule has 28 heavy (non-hydrogen) atoms. The lowest BCUT2D eigenvalue weighted by Crippen LogP contribution is -2.24. The maximum absolute atomic E-state index is 11.5. The minimum atomic E-state index is -0.0557. The van der Waals surface area contributed by atoms with E-state index in [2.05, 4.69) is 65.9 Å². The molecular weight excluding hydrogens is 346 g/mol. The standard InChI is InChI=1S/C24H29N3O/c1-18(2)24(28)25-16-8-4-5-11-23-26-21-9-6-7-10-22(21)27(23)17-20-14-12-19(3)13-15-20/h6-7,9-10,12-15H,1,4-5,8,11,16-17H2,2-3H3,(H,25,28). The van der Waals surface area contributed by atoms with Crippen LogP contribution >= 0.6 is 0 Å². The number of hydrogen-bond donors (Lipinski definition) is 1. The number of carbonyl (C=O) groups is 1. The topological polar surface area (TPSA) is 46.9 Å². The van der Waals surface area contributed by atoms with Crippen molar-refractivity contribution >= 4 is 16.9 Å². The average molecular weight is 376 g/mol. The number of unbranched alkanes of at least 4 members (excludes halogenated alkanes) is 2. The van der Waals surface area contributed by atoms with E-state index in [1.807, 2.05) is 6.07 Å². The Kier molecular flexibility index (Phi) is 6.64. The number of rotatable bonds is 9. The summed E-state index contributed by atoms with van der Waals surface area (Å²) in [6.07, 6.45) is 4.02. The number of aryl methyl sites for hydroxylation is 2. The van der Waals surface area contributed by atoms with Crippen LogP contribution < -0.4 is 5.32 Å². The number of aromatic nitrogens is 2. The third kappa shape index (κ3) is 5.10. The Balaban J connectivity index is 1.63. The second kappa shape index (κ2) is 9.36. The SMILES string of the molecule is C=C(C)C(=O)NCCCCCc1nc2ccccc2n1Cc1ccc(C)cc1. The Bertz CT molecular complexity index is 954. The van der Waals surface area contributed by atoms with Gasteiger partial charge in [0.25, 0.3) is 0 Å². The number of carbonyl (C=O) groups excluding carboxylic acids is 1. The van der Waals surface area contributed by atoms with Crippen molar-refractivity contribution in [2.75, 3.05) is 6.54 Å². The first-order valence-corrected chi connectivity index (χ1v) is 9.98. The molecule has 0 saturated carbocycles. The lowest BCUT2D eigenvalue weighted by atomic mass is 10.1. The third-order valence-corrected chi connectivity index (χ3v) is 4.95. The molecule has 3 aromatic rings. The number of amides is 1. The van der Waals surface area contributed by atoms with Crippen molar-refractivity contribution in [1.29, 1.82) is 0 Å². The van der Waals surface area contributed by atoms with Crippen LogP contribution in [0, 0.1) is 6.92 Å². The van der Waals surface area contributed by atoms with Gasteiger partial charge in [-0.2, -0.15) is 0 Å². The molecule has 0 aliphatic carbocycles. The van der Waals surface area contributed by atoms with Gasteiger partial charge in [-0.1, -0.05) is 55.0 Å². The van der Waals surface area contributed by atoms with Gasteiger partial charge < -0.3 is 9.88 Å². The monoisotopic (exact) mass is 375 g/mol. The molecule has 2 aromatic carbocycles. The van der Waals surface area contributed by atoms with Gasteiger partial charge in [0.05, 0.1) is 11.0 Å². The number of nitrogens with zero attached hydrogens (tertiary/aromatic N) is 2. The fourth-order valence-electron chi connectivity index (χ4n) is 3.31. The first-order valence-electron chi connectivity index (χ1n) is 9.98. The Hall–Kier alpha value is -2.88. The summed E-state index contributed by atoms with van der Waals surface area (Å²) in [7, 11) is 0. The van der Waals surface area contributed by atoms with Crippen LogP contribution in [0.4, 0.5) is 0 Å². The van der Waals surface area contributed by atoms with Crippen LogP contribution in [-0.4, -0.2) is 22.0 Å². The summed E-state index contributed by atoms with van der Waals surface area (Å²) in [6.45, 7) is 9.04. The van der Waals surface area contributed by atoms with Gasteiger partial charge in [-0.25, -0.2) is 4.98 Å². The number of fused-ring (bicyclic) bond motifs is 1.